The van der Waals surface area contributed by atoms with Gasteiger partial charge in [0.05, 0.1) is 0 Å². The van der Waals surface area contributed by atoms with Crippen LogP contribution in [0, 0.1) is 11.8 Å². The molecule has 2 amide bonds. The lowest BCUT2D eigenvalue weighted by atomic mass is 9.84. The minimum absolute atomic E-state index is 0.149. The van der Waals surface area contributed by atoms with E-state index < -0.39 is 0 Å². The van der Waals surface area contributed by atoms with Crippen LogP contribution in [0.3, 0.4) is 0 Å². The normalized spacial score (nSPS) is 34.1. The number of amides is 2. The smallest absolute Gasteiger partial charge is 0.226 e. The van der Waals surface area contributed by atoms with Gasteiger partial charge in [0.2, 0.25) is 11.8 Å². The molecular formula is C20H35N3O2. The Hall–Kier alpha value is -1.10. The number of rotatable bonds is 4. The molecule has 2 N–H and O–H groups in total. The maximum absolute atomic E-state index is 12.9. The van der Waals surface area contributed by atoms with E-state index in [0.717, 1.165) is 38.8 Å². The van der Waals surface area contributed by atoms with Crippen molar-refractivity contribution in [3.05, 3.63) is 0 Å². The number of piperazine rings is 1. The van der Waals surface area contributed by atoms with Gasteiger partial charge in [0.1, 0.15) is 0 Å². The fourth-order valence-electron chi connectivity index (χ4n) is 4.85. The number of carbonyl (C=O) groups is 2. The maximum Gasteiger partial charge on any atom is 0.226 e. The number of nitrogens with zero attached hydrogens (tertiary/aromatic N) is 1. The van der Waals surface area contributed by atoms with E-state index in [0.29, 0.717) is 24.3 Å². The third-order valence-electron chi connectivity index (χ3n) is 6.71. The Morgan fingerprint density at radius 3 is 2.40 bits per heavy atom. The highest BCUT2D eigenvalue weighted by molar-refractivity contribution is 5.80. The van der Waals surface area contributed by atoms with Gasteiger partial charge in [-0.15, -0.1) is 0 Å². The zero-order valence-corrected chi connectivity index (χ0v) is 15.9. The molecule has 3 fully saturated rings. The van der Waals surface area contributed by atoms with Crippen LogP contribution in [0.5, 0.6) is 0 Å². The SMILES string of the molecule is CC1NCCN(C(=O)C2CCC(NC(=O)CC3CCCC3)CC2)C1C. The van der Waals surface area contributed by atoms with Gasteiger partial charge in [0.15, 0.2) is 0 Å². The Morgan fingerprint density at radius 1 is 1.04 bits per heavy atom. The summed E-state index contributed by atoms with van der Waals surface area (Å²) < 4.78 is 0. The van der Waals surface area contributed by atoms with Gasteiger partial charge in [-0.1, -0.05) is 12.8 Å². The van der Waals surface area contributed by atoms with Crippen molar-refractivity contribution >= 4 is 11.8 Å². The second-order valence-electron chi connectivity index (χ2n) is 8.49. The Bertz CT molecular complexity index is 468. The first kappa shape index (κ1) is 18.7. The Labute approximate surface area is 152 Å². The predicted molar refractivity (Wildman–Crippen MR) is 99.1 cm³/mol. The van der Waals surface area contributed by atoms with E-state index in [9.17, 15) is 9.59 Å². The summed E-state index contributed by atoms with van der Waals surface area (Å²) in [4.78, 5) is 27.2. The molecule has 2 unspecified atom stereocenters. The molecule has 0 spiro atoms. The van der Waals surface area contributed by atoms with E-state index in [1.165, 1.54) is 25.7 Å². The van der Waals surface area contributed by atoms with Crippen LogP contribution in [0.2, 0.25) is 0 Å². The molecule has 5 nitrogen and oxygen atoms in total. The van der Waals surface area contributed by atoms with Crippen molar-refractivity contribution in [3.8, 4) is 0 Å². The average molecular weight is 350 g/mol. The minimum Gasteiger partial charge on any atom is -0.353 e. The second kappa shape index (κ2) is 8.52. The van der Waals surface area contributed by atoms with Gasteiger partial charge < -0.3 is 15.5 Å². The first-order valence-corrected chi connectivity index (χ1v) is 10.4. The van der Waals surface area contributed by atoms with Gasteiger partial charge in [-0.2, -0.15) is 0 Å². The molecule has 5 heteroatoms. The number of hydrogen-bond donors (Lipinski definition) is 2. The maximum atomic E-state index is 12.9. The van der Waals surface area contributed by atoms with E-state index in [4.69, 9.17) is 0 Å². The second-order valence-corrected chi connectivity index (χ2v) is 8.49. The highest BCUT2D eigenvalue weighted by Gasteiger charge is 2.34. The molecular weight excluding hydrogens is 314 g/mol. The van der Waals surface area contributed by atoms with Crippen molar-refractivity contribution in [2.45, 2.75) is 89.8 Å². The fourth-order valence-corrected chi connectivity index (χ4v) is 4.85. The van der Waals surface area contributed by atoms with Crippen molar-refractivity contribution < 1.29 is 9.59 Å². The van der Waals surface area contributed by atoms with Crippen LogP contribution in [0.25, 0.3) is 0 Å². The minimum atomic E-state index is 0.149. The quantitative estimate of drug-likeness (QED) is 0.819. The molecule has 0 aromatic carbocycles. The third kappa shape index (κ3) is 4.75. The van der Waals surface area contributed by atoms with Crippen LogP contribution < -0.4 is 10.6 Å². The Balaban J connectivity index is 1.42. The predicted octanol–water partition coefficient (Wildman–Crippen LogP) is 2.45. The summed E-state index contributed by atoms with van der Waals surface area (Å²) in [5.74, 6) is 1.31. The molecule has 142 valence electrons. The molecule has 25 heavy (non-hydrogen) atoms. The highest BCUT2D eigenvalue weighted by Crippen LogP contribution is 2.29. The van der Waals surface area contributed by atoms with E-state index in [2.05, 4.69) is 29.4 Å². The lowest BCUT2D eigenvalue weighted by molar-refractivity contribution is -0.140. The van der Waals surface area contributed by atoms with E-state index in [1.807, 2.05) is 0 Å². The molecule has 1 heterocycles. The Morgan fingerprint density at radius 2 is 1.72 bits per heavy atom. The third-order valence-corrected chi connectivity index (χ3v) is 6.71. The van der Waals surface area contributed by atoms with Crippen LogP contribution in [0.4, 0.5) is 0 Å². The molecule has 0 aromatic heterocycles. The zero-order chi connectivity index (χ0) is 17.8. The van der Waals surface area contributed by atoms with Crippen LogP contribution in [0.15, 0.2) is 0 Å². The standard InChI is InChI=1S/C20H35N3O2/c1-14-15(2)23(12-11-21-14)20(25)17-7-9-18(10-8-17)22-19(24)13-16-5-3-4-6-16/h14-18,21H,3-13H2,1-2H3,(H,22,24). The average Bonchev–Trinajstić information content (AvgIpc) is 3.10. The summed E-state index contributed by atoms with van der Waals surface area (Å²) in [6, 6.07) is 0.909. The van der Waals surface area contributed by atoms with Crippen LogP contribution in [0.1, 0.15) is 71.6 Å². The fraction of sp³-hybridized carbons (Fsp3) is 0.900. The first-order valence-electron chi connectivity index (χ1n) is 10.4. The molecule has 1 saturated heterocycles. The molecule has 0 bridgehead atoms. The largest absolute Gasteiger partial charge is 0.353 e. The van der Waals surface area contributed by atoms with E-state index in [1.54, 1.807) is 0 Å². The van der Waals surface area contributed by atoms with E-state index in [-0.39, 0.29) is 23.9 Å². The monoisotopic (exact) mass is 349 g/mol. The lowest BCUT2D eigenvalue weighted by Crippen LogP contribution is -2.58. The molecule has 1 aliphatic heterocycles. The van der Waals surface area contributed by atoms with Gasteiger partial charge in [0, 0.05) is 43.6 Å². The molecule has 0 radical (unpaired) electrons. The highest BCUT2D eigenvalue weighted by atomic mass is 16.2. The molecule has 3 rings (SSSR count). The first-order chi connectivity index (χ1) is 12.0. The number of nitrogens with one attached hydrogen (secondary N) is 2. The summed E-state index contributed by atoms with van der Waals surface area (Å²) in [6.07, 6.45) is 9.44. The summed E-state index contributed by atoms with van der Waals surface area (Å²) in [7, 11) is 0. The summed E-state index contributed by atoms with van der Waals surface area (Å²) >= 11 is 0. The van der Waals surface area contributed by atoms with Gasteiger partial charge >= 0.3 is 0 Å². The van der Waals surface area contributed by atoms with Gasteiger partial charge in [-0.05, 0) is 58.3 Å². The molecule has 3 aliphatic rings. The van der Waals surface area contributed by atoms with Crippen molar-refractivity contribution in [1.82, 2.24) is 15.5 Å². The van der Waals surface area contributed by atoms with Crippen molar-refractivity contribution in [3.63, 3.8) is 0 Å². The van der Waals surface area contributed by atoms with Gasteiger partial charge in [-0.25, -0.2) is 0 Å². The lowest BCUT2D eigenvalue weighted by Gasteiger charge is -2.41. The summed E-state index contributed by atoms with van der Waals surface area (Å²) in [6.45, 7) is 6.01. The van der Waals surface area contributed by atoms with Crippen LogP contribution in [-0.2, 0) is 9.59 Å². The summed E-state index contributed by atoms with van der Waals surface area (Å²) in [5.41, 5.74) is 0. The van der Waals surface area contributed by atoms with Gasteiger partial charge in [-0.3, -0.25) is 9.59 Å². The number of carbonyl (C=O) groups excluding carboxylic acids is 2. The van der Waals surface area contributed by atoms with E-state index >= 15 is 0 Å². The van der Waals surface area contributed by atoms with Crippen LogP contribution in [-0.4, -0.2) is 47.9 Å². The topological polar surface area (TPSA) is 61.4 Å². The molecule has 2 atom stereocenters. The molecule has 0 aromatic rings. The number of hydrogen-bond acceptors (Lipinski definition) is 3. The summed E-state index contributed by atoms with van der Waals surface area (Å²) in [5, 5.41) is 6.66. The van der Waals surface area contributed by atoms with Crippen LogP contribution >= 0.6 is 0 Å². The molecule has 2 aliphatic carbocycles. The van der Waals surface area contributed by atoms with Crippen molar-refractivity contribution in [1.29, 1.82) is 0 Å². The Kier molecular flexibility index (Phi) is 6.37. The molecule has 2 saturated carbocycles. The van der Waals surface area contributed by atoms with Gasteiger partial charge in [0.25, 0.3) is 0 Å². The van der Waals surface area contributed by atoms with Crippen molar-refractivity contribution in [2.75, 3.05) is 13.1 Å². The zero-order valence-electron chi connectivity index (χ0n) is 15.9. The van der Waals surface area contributed by atoms with Crippen molar-refractivity contribution in [2.24, 2.45) is 11.8 Å².